The van der Waals surface area contributed by atoms with Crippen molar-refractivity contribution in [2.45, 2.75) is 26.3 Å². The molecule has 0 radical (unpaired) electrons. The second-order valence-corrected chi connectivity index (χ2v) is 4.25. The van der Waals surface area contributed by atoms with Gasteiger partial charge in [0.05, 0.1) is 25.0 Å². The van der Waals surface area contributed by atoms with Crippen LogP contribution in [0.5, 0.6) is 0 Å². The number of nitrogens with zero attached hydrogens (tertiary/aromatic N) is 2. The van der Waals surface area contributed by atoms with Crippen molar-refractivity contribution >= 4 is 12.0 Å². The molecule has 108 valence electrons. The molecule has 0 aliphatic heterocycles. The number of carbonyl (C=O) groups excluding carboxylic acids is 1. The van der Waals surface area contributed by atoms with Gasteiger partial charge < -0.3 is 20.1 Å². The van der Waals surface area contributed by atoms with Crippen LogP contribution in [-0.2, 0) is 9.53 Å². The summed E-state index contributed by atoms with van der Waals surface area (Å²) in [6, 6.07) is 1.10. The standard InChI is InChI=1S/C12H21N3O4/c1-9(11(16)17)10(2)14-12(18)15(6-4-5-13)7-8-19-3/h9-10H,4,6-8H2,1-3H3,(H,14,18)(H,16,17). The van der Waals surface area contributed by atoms with Gasteiger partial charge in [-0.05, 0) is 13.8 Å². The minimum Gasteiger partial charge on any atom is -0.481 e. The molecule has 0 saturated heterocycles. The fourth-order valence-corrected chi connectivity index (χ4v) is 1.33. The summed E-state index contributed by atoms with van der Waals surface area (Å²) >= 11 is 0. The zero-order valence-electron chi connectivity index (χ0n) is 11.5. The van der Waals surface area contributed by atoms with Crippen LogP contribution in [0.1, 0.15) is 20.3 Å². The van der Waals surface area contributed by atoms with Gasteiger partial charge in [-0.25, -0.2) is 4.79 Å². The summed E-state index contributed by atoms with van der Waals surface area (Å²) in [7, 11) is 1.52. The number of methoxy groups -OCH3 is 1. The molecule has 0 saturated carbocycles. The average Bonchev–Trinajstić information content (AvgIpc) is 2.37. The smallest absolute Gasteiger partial charge is 0.317 e. The number of hydrogen-bond donors (Lipinski definition) is 2. The number of nitriles is 1. The van der Waals surface area contributed by atoms with E-state index in [4.69, 9.17) is 15.1 Å². The van der Waals surface area contributed by atoms with Crippen molar-refractivity contribution in [2.24, 2.45) is 5.92 Å². The summed E-state index contributed by atoms with van der Waals surface area (Å²) in [5, 5.41) is 20.0. The largest absolute Gasteiger partial charge is 0.481 e. The van der Waals surface area contributed by atoms with Crippen molar-refractivity contribution in [3.05, 3.63) is 0 Å². The molecule has 0 heterocycles. The first kappa shape index (κ1) is 17.2. The topological polar surface area (TPSA) is 103 Å². The van der Waals surface area contributed by atoms with E-state index < -0.39 is 17.9 Å². The Hall–Kier alpha value is -1.81. The first-order chi connectivity index (χ1) is 8.93. The van der Waals surface area contributed by atoms with Crippen molar-refractivity contribution in [3.63, 3.8) is 0 Å². The molecule has 0 aliphatic rings. The molecule has 0 fully saturated rings. The summed E-state index contributed by atoms with van der Waals surface area (Å²) in [6.07, 6.45) is 0.222. The van der Waals surface area contributed by atoms with Crippen LogP contribution < -0.4 is 5.32 Å². The highest BCUT2D eigenvalue weighted by atomic mass is 16.5. The molecule has 2 unspecified atom stereocenters. The van der Waals surface area contributed by atoms with E-state index in [9.17, 15) is 9.59 Å². The van der Waals surface area contributed by atoms with Crippen molar-refractivity contribution in [2.75, 3.05) is 26.8 Å². The van der Waals surface area contributed by atoms with Crippen LogP contribution in [0.25, 0.3) is 0 Å². The predicted octanol–water partition coefficient (Wildman–Crippen LogP) is 0.667. The average molecular weight is 271 g/mol. The SMILES string of the molecule is COCCN(CCC#N)C(=O)NC(C)C(C)C(=O)O. The summed E-state index contributed by atoms with van der Waals surface area (Å²) in [6.45, 7) is 4.18. The lowest BCUT2D eigenvalue weighted by Crippen LogP contribution is -2.48. The Labute approximate surface area is 113 Å². The van der Waals surface area contributed by atoms with Gasteiger partial charge in [0.15, 0.2) is 0 Å². The molecule has 2 amide bonds. The van der Waals surface area contributed by atoms with Crippen molar-refractivity contribution in [1.29, 1.82) is 5.26 Å². The molecule has 7 nitrogen and oxygen atoms in total. The van der Waals surface area contributed by atoms with Crippen LogP contribution in [0.4, 0.5) is 4.79 Å². The number of carboxylic acid groups (broad SMARTS) is 1. The number of amides is 2. The Morgan fingerprint density at radius 1 is 1.42 bits per heavy atom. The number of carbonyl (C=O) groups is 2. The molecule has 0 aromatic rings. The maximum Gasteiger partial charge on any atom is 0.317 e. The van der Waals surface area contributed by atoms with E-state index in [1.165, 1.54) is 18.9 Å². The first-order valence-corrected chi connectivity index (χ1v) is 6.08. The fourth-order valence-electron chi connectivity index (χ4n) is 1.33. The van der Waals surface area contributed by atoms with Crippen molar-refractivity contribution < 1.29 is 19.4 Å². The normalized spacial score (nSPS) is 13.2. The van der Waals surface area contributed by atoms with Gasteiger partial charge >= 0.3 is 12.0 Å². The monoisotopic (exact) mass is 271 g/mol. The molecule has 0 aromatic heterocycles. The lowest BCUT2D eigenvalue weighted by atomic mass is 10.0. The molecule has 0 rings (SSSR count). The second kappa shape index (κ2) is 9.16. The maximum absolute atomic E-state index is 11.9. The highest BCUT2D eigenvalue weighted by Gasteiger charge is 2.23. The van der Waals surface area contributed by atoms with Crippen molar-refractivity contribution in [1.82, 2.24) is 10.2 Å². The van der Waals surface area contributed by atoms with E-state index in [2.05, 4.69) is 5.32 Å². The number of hydrogen-bond acceptors (Lipinski definition) is 4. The van der Waals surface area contributed by atoms with E-state index in [0.29, 0.717) is 19.7 Å². The number of aliphatic carboxylic acids is 1. The minimum absolute atomic E-state index is 0.222. The first-order valence-electron chi connectivity index (χ1n) is 6.08. The van der Waals surface area contributed by atoms with Crippen LogP contribution in [0, 0.1) is 17.2 Å². The Morgan fingerprint density at radius 3 is 2.53 bits per heavy atom. The summed E-state index contributed by atoms with van der Waals surface area (Å²) in [5.74, 6) is -1.64. The zero-order chi connectivity index (χ0) is 14.8. The molecular weight excluding hydrogens is 250 g/mol. The summed E-state index contributed by atoms with van der Waals surface area (Å²) in [5.41, 5.74) is 0. The van der Waals surface area contributed by atoms with Gasteiger partial charge in [0, 0.05) is 26.2 Å². The van der Waals surface area contributed by atoms with E-state index in [1.807, 2.05) is 6.07 Å². The van der Waals surface area contributed by atoms with E-state index >= 15 is 0 Å². The van der Waals surface area contributed by atoms with Crippen LogP contribution in [0.15, 0.2) is 0 Å². The van der Waals surface area contributed by atoms with Gasteiger partial charge in [-0.3, -0.25) is 4.79 Å². The fraction of sp³-hybridized carbons (Fsp3) is 0.750. The van der Waals surface area contributed by atoms with E-state index in [1.54, 1.807) is 6.92 Å². The number of rotatable bonds is 8. The second-order valence-electron chi connectivity index (χ2n) is 4.25. The van der Waals surface area contributed by atoms with E-state index in [-0.39, 0.29) is 12.5 Å². The van der Waals surface area contributed by atoms with Gasteiger partial charge in [-0.15, -0.1) is 0 Å². The number of nitrogens with one attached hydrogen (secondary N) is 1. The number of carboxylic acids is 1. The Bertz CT molecular complexity index is 340. The highest BCUT2D eigenvalue weighted by molar-refractivity contribution is 5.76. The highest BCUT2D eigenvalue weighted by Crippen LogP contribution is 2.03. The Kier molecular flexibility index (Phi) is 8.29. The predicted molar refractivity (Wildman–Crippen MR) is 68.5 cm³/mol. The lowest BCUT2D eigenvalue weighted by Gasteiger charge is -2.25. The Balaban J connectivity index is 4.45. The lowest BCUT2D eigenvalue weighted by molar-refractivity contribution is -0.141. The number of ether oxygens (including phenoxy) is 1. The summed E-state index contributed by atoms with van der Waals surface area (Å²) < 4.78 is 4.89. The molecule has 2 atom stereocenters. The molecule has 7 heteroatoms. The van der Waals surface area contributed by atoms with Crippen molar-refractivity contribution in [3.8, 4) is 6.07 Å². The molecular formula is C12H21N3O4. The molecule has 0 bridgehead atoms. The van der Waals surface area contributed by atoms with Gasteiger partial charge in [-0.1, -0.05) is 0 Å². The van der Waals surface area contributed by atoms with E-state index in [0.717, 1.165) is 0 Å². The third-order valence-corrected chi connectivity index (χ3v) is 2.84. The zero-order valence-corrected chi connectivity index (χ0v) is 11.5. The molecule has 0 aromatic carbocycles. The molecule has 19 heavy (non-hydrogen) atoms. The Morgan fingerprint density at radius 2 is 2.05 bits per heavy atom. The number of urea groups is 1. The minimum atomic E-state index is -0.965. The van der Waals surface area contributed by atoms with Gasteiger partial charge in [0.25, 0.3) is 0 Å². The maximum atomic E-state index is 11.9. The van der Waals surface area contributed by atoms with Crippen LogP contribution in [0.2, 0.25) is 0 Å². The van der Waals surface area contributed by atoms with Crippen LogP contribution in [0.3, 0.4) is 0 Å². The third-order valence-electron chi connectivity index (χ3n) is 2.84. The van der Waals surface area contributed by atoms with Gasteiger partial charge in [-0.2, -0.15) is 5.26 Å². The van der Waals surface area contributed by atoms with Crippen LogP contribution >= 0.6 is 0 Å². The van der Waals surface area contributed by atoms with Gasteiger partial charge in [0.2, 0.25) is 0 Å². The molecule has 0 aliphatic carbocycles. The van der Waals surface area contributed by atoms with Gasteiger partial charge in [0.1, 0.15) is 0 Å². The van der Waals surface area contributed by atoms with Crippen LogP contribution in [-0.4, -0.2) is 54.9 Å². The third kappa shape index (κ3) is 6.62. The quantitative estimate of drug-likeness (QED) is 0.675. The molecule has 2 N–H and O–H groups in total. The molecule has 0 spiro atoms. The summed E-state index contributed by atoms with van der Waals surface area (Å²) in [4.78, 5) is 24.2.